The highest BCUT2D eigenvalue weighted by molar-refractivity contribution is 7.81. The molecule has 194 valence electrons. The van der Waals surface area contributed by atoms with E-state index in [1.54, 1.807) is 0 Å². The molecule has 2 atom stereocenters. The summed E-state index contributed by atoms with van der Waals surface area (Å²) in [5.74, 6) is -2.17. The van der Waals surface area contributed by atoms with E-state index in [2.05, 4.69) is 24.5 Å². The van der Waals surface area contributed by atoms with Crippen molar-refractivity contribution in [3.63, 3.8) is 0 Å². The SMILES string of the molecule is C=CCOC(=O)c1ccc(C(N)=O)c(NC(=O)C2CC(S)CN2C(=O)OCc2ccc([N+](=O)[O-])cc2)c1. The predicted molar refractivity (Wildman–Crippen MR) is 135 cm³/mol. The lowest BCUT2D eigenvalue weighted by atomic mass is 10.1. The third kappa shape index (κ3) is 6.85. The van der Waals surface area contributed by atoms with Gasteiger partial charge in [-0.15, -0.1) is 0 Å². The smallest absolute Gasteiger partial charge is 0.410 e. The number of carbonyl (C=O) groups is 4. The second kappa shape index (κ2) is 12.0. The molecular weight excluding hydrogens is 504 g/mol. The molecule has 3 N–H and O–H groups in total. The Morgan fingerprint density at radius 3 is 2.51 bits per heavy atom. The lowest BCUT2D eigenvalue weighted by Crippen LogP contribution is -2.43. The van der Waals surface area contributed by atoms with Crippen molar-refractivity contribution < 1.29 is 33.6 Å². The molecule has 0 bridgehead atoms. The fourth-order valence-electron chi connectivity index (χ4n) is 3.63. The molecule has 1 fully saturated rings. The van der Waals surface area contributed by atoms with Crippen LogP contribution in [0.4, 0.5) is 16.2 Å². The Bertz CT molecular complexity index is 1230. The Labute approximate surface area is 217 Å². The van der Waals surface area contributed by atoms with E-state index in [1.807, 2.05) is 0 Å². The number of nitrogens with zero attached hydrogens (tertiary/aromatic N) is 2. The first-order chi connectivity index (χ1) is 17.6. The first-order valence-electron chi connectivity index (χ1n) is 11.0. The van der Waals surface area contributed by atoms with Crippen molar-refractivity contribution in [1.82, 2.24) is 4.90 Å². The molecule has 0 radical (unpaired) electrons. The number of nitro groups is 1. The van der Waals surface area contributed by atoms with Crippen molar-refractivity contribution in [1.29, 1.82) is 0 Å². The largest absolute Gasteiger partial charge is 0.458 e. The van der Waals surface area contributed by atoms with Crippen LogP contribution in [0.3, 0.4) is 0 Å². The van der Waals surface area contributed by atoms with Gasteiger partial charge in [0.2, 0.25) is 5.91 Å². The van der Waals surface area contributed by atoms with Gasteiger partial charge in [0, 0.05) is 23.9 Å². The predicted octanol–water partition coefficient (Wildman–Crippen LogP) is 2.68. The van der Waals surface area contributed by atoms with Gasteiger partial charge in [0.25, 0.3) is 11.6 Å². The van der Waals surface area contributed by atoms with E-state index in [9.17, 15) is 29.3 Å². The number of hydrogen-bond donors (Lipinski definition) is 3. The number of hydrogen-bond acceptors (Lipinski definition) is 9. The highest BCUT2D eigenvalue weighted by Gasteiger charge is 2.39. The number of benzene rings is 2. The van der Waals surface area contributed by atoms with Crippen LogP contribution < -0.4 is 11.1 Å². The monoisotopic (exact) mass is 528 g/mol. The molecule has 3 amide bonds. The summed E-state index contributed by atoms with van der Waals surface area (Å²) in [5.41, 5.74) is 5.84. The van der Waals surface area contributed by atoms with Crippen molar-refractivity contribution in [2.75, 3.05) is 18.5 Å². The third-order valence-electron chi connectivity index (χ3n) is 5.44. The summed E-state index contributed by atoms with van der Waals surface area (Å²) in [4.78, 5) is 61.4. The Morgan fingerprint density at radius 1 is 1.19 bits per heavy atom. The normalized spacial score (nSPS) is 16.5. The maximum atomic E-state index is 13.1. The lowest BCUT2D eigenvalue weighted by Gasteiger charge is -2.23. The van der Waals surface area contributed by atoms with E-state index < -0.39 is 34.8 Å². The zero-order valence-electron chi connectivity index (χ0n) is 19.5. The van der Waals surface area contributed by atoms with Gasteiger partial charge in [-0.2, -0.15) is 12.6 Å². The van der Waals surface area contributed by atoms with Crippen LogP contribution >= 0.6 is 12.6 Å². The van der Waals surface area contributed by atoms with Gasteiger partial charge in [-0.25, -0.2) is 9.59 Å². The van der Waals surface area contributed by atoms with Crippen LogP contribution in [-0.4, -0.2) is 58.1 Å². The lowest BCUT2D eigenvalue weighted by molar-refractivity contribution is -0.384. The van der Waals surface area contributed by atoms with E-state index in [0.717, 1.165) is 0 Å². The van der Waals surface area contributed by atoms with E-state index in [0.29, 0.717) is 5.56 Å². The molecule has 1 heterocycles. The van der Waals surface area contributed by atoms with Gasteiger partial charge in [-0.05, 0) is 42.3 Å². The molecular formula is C24H24N4O8S. The van der Waals surface area contributed by atoms with E-state index in [1.165, 1.54) is 53.4 Å². The van der Waals surface area contributed by atoms with Gasteiger partial charge >= 0.3 is 12.1 Å². The number of nitrogens with two attached hydrogens (primary N) is 1. The summed E-state index contributed by atoms with van der Waals surface area (Å²) >= 11 is 4.39. The average Bonchev–Trinajstić information content (AvgIpc) is 3.27. The topological polar surface area (TPSA) is 171 Å². The number of esters is 1. The minimum absolute atomic E-state index is 0.0210. The molecule has 1 saturated heterocycles. The summed E-state index contributed by atoms with van der Waals surface area (Å²) in [7, 11) is 0. The summed E-state index contributed by atoms with van der Waals surface area (Å²) in [6, 6.07) is 8.39. The maximum absolute atomic E-state index is 13.1. The zero-order chi connectivity index (χ0) is 27.1. The van der Waals surface area contributed by atoms with Crippen LogP contribution in [0.25, 0.3) is 0 Å². The van der Waals surface area contributed by atoms with Gasteiger partial charge in [0.1, 0.15) is 19.3 Å². The number of non-ortho nitro benzene ring substituents is 1. The number of carbonyl (C=O) groups excluding carboxylic acids is 4. The number of primary amides is 1. The third-order valence-corrected chi connectivity index (χ3v) is 5.81. The Hall–Kier alpha value is -4.39. The highest BCUT2D eigenvalue weighted by atomic mass is 32.1. The van der Waals surface area contributed by atoms with Crippen LogP contribution in [0.1, 0.15) is 32.7 Å². The fourth-order valence-corrected chi connectivity index (χ4v) is 4.01. The quantitative estimate of drug-likeness (QED) is 0.147. The summed E-state index contributed by atoms with van der Waals surface area (Å²) < 4.78 is 10.3. The molecule has 2 unspecified atom stereocenters. The van der Waals surface area contributed by atoms with Crippen molar-refractivity contribution in [3.05, 3.63) is 81.9 Å². The molecule has 12 nitrogen and oxygen atoms in total. The number of amides is 3. The Kier molecular flexibility index (Phi) is 8.85. The van der Waals surface area contributed by atoms with Crippen LogP contribution in [0.2, 0.25) is 0 Å². The molecule has 3 rings (SSSR count). The number of rotatable bonds is 9. The summed E-state index contributed by atoms with van der Waals surface area (Å²) in [5, 5.41) is 13.0. The molecule has 0 aliphatic carbocycles. The molecule has 1 aliphatic heterocycles. The first kappa shape index (κ1) is 27.2. The number of ether oxygens (including phenoxy) is 2. The van der Waals surface area contributed by atoms with Crippen molar-refractivity contribution in [3.8, 4) is 0 Å². The van der Waals surface area contributed by atoms with Gasteiger partial charge in [-0.1, -0.05) is 12.7 Å². The molecule has 2 aromatic carbocycles. The van der Waals surface area contributed by atoms with E-state index in [4.69, 9.17) is 15.2 Å². The second-order valence-corrected chi connectivity index (χ2v) is 8.77. The molecule has 1 aliphatic rings. The Morgan fingerprint density at radius 2 is 1.89 bits per heavy atom. The average molecular weight is 529 g/mol. The van der Waals surface area contributed by atoms with Crippen LogP contribution in [0, 0.1) is 10.1 Å². The maximum Gasteiger partial charge on any atom is 0.410 e. The van der Waals surface area contributed by atoms with Crippen LogP contribution in [-0.2, 0) is 20.9 Å². The number of anilines is 1. The van der Waals surface area contributed by atoms with Crippen molar-refractivity contribution >= 4 is 47.9 Å². The number of thiol groups is 1. The van der Waals surface area contributed by atoms with Gasteiger partial charge in [-0.3, -0.25) is 24.6 Å². The standard InChI is InChI=1S/C24H24N4O8S/c1-2-9-35-23(31)15-5-8-18(21(25)29)19(10-15)26-22(30)20-11-17(37)12-27(20)24(32)36-13-14-3-6-16(7-4-14)28(33)34/h2-8,10,17,20,37H,1,9,11-13H2,(H2,25,29)(H,26,30). The fraction of sp³-hybridized carbons (Fsp3) is 0.250. The van der Waals surface area contributed by atoms with Crippen molar-refractivity contribution in [2.24, 2.45) is 5.73 Å². The summed E-state index contributed by atoms with van der Waals surface area (Å²) in [6.45, 7) is 3.39. The number of likely N-dealkylation sites (tertiary alicyclic amines) is 1. The minimum Gasteiger partial charge on any atom is -0.458 e. The van der Waals surface area contributed by atoms with Crippen molar-refractivity contribution in [2.45, 2.75) is 24.3 Å². The zero-order valence-corrected chi connectivity index (χ0v) is 20.4. The molecule has 13 heteroatoms. The number of nitro benzene ring substituents is 1. The molecule has 0 saturated carbocycles. The second-order valence-electron chi connectivity index (χ2n) is 8.04. The van der Waals surface area contributed by atoms with Gasteiger partial charge in [0.15, 0.2) is 0 Å². The first-order valence-corrected chi connectivity index (χ1v) is 11.5. The Balaban J connectivity index is 1.73. The van der Waals surface area contributed by atoms with Crippen LogP contribution in [0.5, 0.6) is 0 Å². The van der Waals surface area contributed by atoms with E-state index in [-0.39, 0.29) is 53.9 Å². The molecule has 37 heavy (non-hydrogen) atoms. The van der Waals surface area contributed by atoms with E-state index >= 15 is 0 Å². The molecule has 2 aromatic rings. The molecule has 0 spiro atoms. The number of nitrogens with one attached hydrogen (secondary N) is 1. The summed E-state index contributed by atoms with van der Waals surface area (Å²) in [6.07, 6.45) is 0.808. The minimum atomic E-state index is -0.982. The highest BCUT2D eigenvalue weighted by Crippen LogP contribution is 2.26. The molecule has 0 aromatic heterocycles. The van der Waals surface area contributed by atoms with Crippen LogP contribution in [0.15, 0.2) is 55.1 Å². The van der Waals surface area contributed by atoms with Gasteiger partial charge < -0.3 is 20.5 Å². The van der Waals surface area contributed by atoms with Gasteiger partial charge in [0.05, 0.1) is 21.7 Å².